The van der Waals surface area contributed by atoms with Crippen LogP contribution in [0.2, 0.25) is 0 Å². The Morgan fingerprint density at radius 3 is 2.14 bits per heavy atom. The Labute approximate surface area is 55.6 Å². The number of rotatable bonds is 1. The van der Waals surface area contributed by atoms with Crippen molar-refractivity contribution in [3.05, 3.63) is 0 Å². The molecule has 0 N–H and O–H groups in total. The molecular weight excluding hydrogens is 125 g/mol. The summed E-state index contributed by atoms with van der Waals surface area (Å²) in [6.45, 7) is 0.669. The van der Waals surface area contributed by atoms with Crippen molar-refractivity contribution in [2.24, 2.45) is 0 Å². The van der Waals surface area contributed by atoms with Gasteiger partial charge in [0, 0.05) is 19.0 Å². The van der Waals surface area contributed by atoms with Crippen LogP contribution in [-0.2, 0) is 0 Å². The zero-order valence-electron chi connectivity index (χ0n) is 4.51. The number of nitrogens with zero attached hydrogens (tertiary/aromatic N) is 1. The van der Waals surface area contributed by atoms with Crippen LogP contribution in [0, 0.1) is 0 Å². The van der Waals surface area contributed by atoms with Crippen LogP contribution in [0.15, 0.2) is 0 Å². The van der Waals surface area contributed by atoms with Crippen molar-refractivity contribution in [2.45, 2.75) is 0 Å². The topological polar surface area (TPSA) is 3.24 Å². The van der Waals surface area contributed by atoms with Gasteiger partial charge in [-0.2, -0.15) is 0 Å². The van der Waals surface area contributed by atoms with Gasteiger partial charge in [0.1, 0.15) is 0 Å². The van der Waals surface area contributed by atoms with Crippen molar-refractivity contribution in [3.63, 3.8) is 0 Å². The van der Waals surface area contributed by atoms with Gasteiger partial charge in [-0.1, -0.05) is 12.2 Å². The van der Waals surface area contributed by atoms with E-state index in [0.717, 1.165) is 4.89 Å². The van der Waals surface area contributed by atoms with Crippen LogP contribution in [0.25, 0.3) is 0 Å². The fourth-order valence-electron chi connectivity index (χ4n) is 0.141. The highest BCUT2D eigenvalue weighted by Gasteiger charge is 1.93. The first-order valence-corrected chi connectivity index (χ1v) is 3.03. The van der Waals surface area contributed by atoms with Gasteiger partial charge in [-0.3, -0.25) is 0 Å². The fourth-order valence-corrected chi connectivity index (χ4v) is 0.424. The van der Waals surface area contributed by atoms with Crippen molar-refractivity contribution < 1.29 is 0 Å². The third-order valence-electron chi connectivity index (χ3n) is 0.634. The minimum atomic E-state index is 0.669. The zero-order valence-corrected chi connectivity index (χ0v) is 6.22. The second-order valence-corrected chi connectivity index (χ2v) is 2.23. The maximum atomic E-state index is 4.83. The van der Waals surface area contributed by atoms with Crippen molar-refractivity contribution in [3.8, 4) is 0 Å². The van der Waals surface area contributed by atoms with Crippen LogP contribution < -0.4 is 0 Å². The lowest BCUT2D eigenvalue weighted by Crippen LogP contribution is -2.22. The summed E-state index contributed by atoms with van der Waals surface area (Å²) in [5.41, 5.74) is 0. The summed E-state index contributed by atoms with van der Waals surface area (Å²) in [6, 6.07) is 0. The summed E-state index contributed by atoms with van der Waals surface area (Å²) >= 11 is 8.80. The lowest BCUT2D eigenvalue weighted by Gasteiger charge is -2.09. The summed E-state index contributed by atoms with van der Waals surface area (Å²) in [5, 5.41) is 0. The standard InChI is InChI=1S/C3H8BNS2/c1-5(2)3(6)4-7/h4,7H,1-2H3. The smallest absolute Gasteiger partial charge is 0.255 e. The highest BCUT2D eigenvalue weighted by atomic mass is 32.1. The largest absolute Gasteiger partial charge is 0.379 e. The quantitative estimate of drug-likeness (QED) is 0.307. The summed E-state index contributed by atoms with van der Waals surface area (Å²) in [6.07, 6.45) is 0. The second-order valence-electron chi connectivity index (χ2n) is 1.45. The van der Waals surface area contributed by atoms with E-state index in [2.05, 4.69) is 12.5 Å². The monoisotopic (exact) mass is 133 g/mol. The maximum absolute atomic E-state index is 4.83. The predicted molar refractivity (Wildman–Crippen MR) is 42.4 cm³/mol. The van der Waals surface area contributed by atoms with Gasteiger partial charge < -0.3 is 4.90 Å². The highest BCUT2D eigenvalue weighted by molar-refractivity contribution is 8.13. The minimum absolute atomic E-state index is 0.669. The molecule has 0 bridgehead atoms. The number of thiol groups is 1. The number of thiocarbonyl (C=S) groups is 1. The van der Waals surface area contributed by atoms with Gasteiger partial charge >= 0.3 is 0 Å². The molecule has 0 radical (unpaired) electrons. The third kappa shape index (κ3) is 2.94. The lowest BCUT2D eigenvalue weighted by molar-refractivity contribution is 0.646. The molecule has 0 aliphatic heterocycles. The van der Waals surface area contributed by atoms with E-state index in [4.69, 9.17) is 12.2 Å². The Morgan fingerprint density at radius 2 is 2.14 bits per heavy atom. The average Bonchev–Trinajstić information content (AvgIpc) is 1.65. The molecule has 0 aliphatic rings. The Balaban J connectivity index is 3.35. The van der Waals surface area contributed by atoms with E-state index < -0.39 is 0 Å². The highest BCUT2D eigenvalue weighted by Crippen LogP contribution is 1.81. The average molecular weight is 133 g/mol. The lowest BCUT2D eigenvalue weighted by atomic mass is 10.1. The molecule has 0 saturated carbocycles. The van der Waals surface area contributed by atoms with E-state index >= 15 is 0 Å². The molecule has 0 amide bonds. The van der Waals surface area contributed by atoms with E-state index in [-0.39, 0.29) is 0 Å². The molecule has 0 aromatic heterocycles. The van der Waals surface area contributed by atoms with Gasteiger partial charge in [-0.15, -0.1) is 0 Å². The Morgan fingerprint density at radius 1 is 1.71 bits per heavy atom. The SMILES string of the molecule is CN(C)C(=S)BS. The molecule has 0 heterocycles. The van der Waals surface area contributed by atoms with Crippen molar-refractivity contribution >= 4 is 36.1 Å². The summed E-state index contributed by atoms with van der Waals surface area (Å²) in [4.78, 5) is 2.76. The number of hydrogen-bond donors (Lipinski definition) is 1. The molecule has 4 heteroatoms. The van der Waals surface area contributed by atoms with Crippen LogP contribution in [-0.4, -0.2) is 30.4 Å². The molecule has 0 aromatic rings. The van der Waals surface area contributed by atoms with Gasteiger partial charge in [0.2, 0.25) is 0 Å². The molecule has 40 valence electrons. The summed E-state index contributed by atoms with van der Waals surface area (Å²) < 4.78 is 0. The zero-order chi connectivity index (χ0) is 5.86. The van der Waals surface area contributed by atoms with Crippen molar-refractivity contribution in [1.82, 2.24) is 4.90 Å². The number of hydrogen-bond acceptors (Lipinski definition) is 2. The van der Waals surface area contributed by atoms with Gasteiger partial charge in [-0.05, 0) is 0 Å². The summed E-state index contributed by atoms with van der Waals surface area (Å²) in [5.74, 6) is 0. The molecular formula is C3H8BNS2. The maximum Gasteiger partial charge on any atom is 0.255 e. The first-order chi connectivity index (χ1) is 3.18. The summed E-state index contributed by atoms with van der Waals surface area (Å²) in [7, 11) is 3.83. The second kappa shape index (κ2) is 3.33. The molecule has 0 spiro atoms. The molecule has 0 saturated heterocycles. The third-order valence-corrected chi connectivity index (χ3v) is 1.66. The molecule has 0 aromatic carbocycles. The van der Waals surface area contributed by atoms with Crippen molar-refractivity contribution in [2.75, 3.05) is 14.1 Å². The molecule has 0 unspecified atom stereocenters. The van der Waals surface area contributed by atoms with Gasteiger partial charge in [0.15, 0.2) is 0 Å². The first kappa shape index (κ1) is 7.30. The van der Waals surface area contributed by atoms with Gasteiger partial charge in [-0.25, -0.2) is 12.5 Å². The molecule has 0 atom stereocenters. The van der Waals surface area contributed by atoms with E-state index in [1.807, 2.05) is 19.0 Å². The van der Waals surface area contributed by atoms with E-state index in [1.54, 1.807) is 0 Å². The molecule has 0 aliphatic carbocycles. The molecule has 1 nitrogen and oxygen atoms in total. The van der Waals surface area contributed by atoms with E-state index in [9.17, 15) is 0 Å². The predicted octanol–water partition coefficient (Wildman–Crippen LogP) is 0.114. The molecule has 0 rings (SSSR count). The van der Waals surface area contributed by atoms with Crippen LogP contribution >= 0.6 is 24.7 Å². The molecule has 0 fully saturated rings. The first-order valence-electron chi connectivity index (χ1n) is 1.99. The Bertz CT molecular complexity index is 73.3. The van der Waals surface area contributed by atoms with Crippen LogP contribution in [0.1, 0.15) is 0 Å². The van der Waals surface area contributed by atoms with Crippen LogP contribution in [0.3, 0.4) is 0 Å². The Hall–Kier alpha value is 0.305. The van der Waals surface area contributed by atoms with Gasteiger partial charge in [0.25, 0.3) is 6.56 Å². The van der Waals surface area contributed by atoms with Crippen molar-refractivity contribution in [1.29, 1.82) is 0 Å². The van der Waals surface area contributed by atoms with E-state index in [1.165, 1.54) is 0 Å². The molecule has 7 heavy (non-hydrogen) atoms. The van der Waals surface area contributed by atoms with Crippen LogP contribution in [0.5, 0.6) is 0 Å². The van der Waals surface area contributed by atoms with Gasteiger partial charge in [0.05, 0.1) is 0 Å². The Kier molecular flexibility index (Phi) is 3.47. The van der Waals surface area contributed by atoms with E-state index in [0.29, 0.717) is 6.56 Å². The minimum Gasteiger partial charge on any atom is -0.379 e. The fraction of sp³-hybridized carbons (Fsp3) is 0.667. The van der Waals surface area contributed by atoms with Crippen LogP contribution in [0.4, 0.5) is 0 Å². The normalized spacial score (nSPS) is 7.86.